The van der Waals surface area contributed by atoms with E-state index in [1.807, 2.05) is 50.2 Å². The average molecular weight is 488 g/mol. The van der Waals surface area contributed by atoms with Crippen molar-refractivity contribution >= 4 is 40.0 Å². The zero-order valence-electron chi connectivity index (χ0n) is 20.3. The molecule has 180 valence electrons. The SMILES string of the molecule is CC[C@@H](C)c1ccc2oc(-c3cccc(NC(=S)NC(=O)c4cccc(OC(C)C)c4)c3)nc2c1. The molecule has 0 bridgehead atoms. The number of benzene rings is 3. The minimum atomic E-state index is -0.316. The van der Waals surface area contributed by atoms with E-state index in [0.29, 0.717) is 28.8 Å². The molecule has 0 aliphatic carbocycles. The van der Waals surface area contributed by atoms with Crippen LogP contribution < -0.4 is 15.4 Å². The van der Waals surface area contributed by atoms with E-state index in [0.717, 1.165) is 23.1 Å². The number of amides is 1. The first-order chi connectivity index (χ1) is 16.8. The molecule has 0 saturated heterocycles. The molecule has 0 fully saturated rings. The zero-order chi connectivity index (χ0) is 24.9. The van der Waals surface area contributed by atoms with Crippen LogP contribution in [0.25, 0.3) is 22.6 Å². The maximum absolute atomic E-state index is 12.6. The summed E-state index contributed by atoms with van der Waals surface area (Å²) in [6.45, 7) is 8.25. The number of carbonyl (C=O) groups excluding carboxylic acids is 1. The van der Waals surface area contributed by atoms with Crippen LogP contribution in [-0.4, -0.2) is 22.1 Å². The minimum absolute atomic E-state index is 0.0199. The molecule has 0 radical (unpaired) electrons. The van der Waals surface area contributed by atoms with E-state index >= 15 is 0 Å². The van der Waals surface area contributed by atoms with E-state index in [1.165, 1.54) is 5.56 Å². The van der Waals surface area contributed by atoms with Gasteiger partial charge in [-0.25, -0.2) is 4.98 Å². The molecule has 35 heavy (non-hydrogen) atoms. The number of nitrogens with one attached hydrogen (secondary N) is 2. The Balaban J connectivity index is 1.45. The van der Waals surface area contributed by atoms with E-state index in [2.05, 4.69) is 41.6 Å². The Bertz CT molecular complexity index is 1360. The van der Waals surface area contributed by atoms with E-state index < -0.39 is 0 Å². The number of hydrogen-bond acceptors (Lipinski definition) is 5. The second-order valence-corrected chi connectivity index (χ2v) is 9.15. The topological polar surface area (TPSA) is 76.4 Å². The summed E-state index contributed by atoms with van der Waals surface area (Å²) < 4.78 is 11.7. The normalized spacial score (nSPS) is 11.9. The quantitative estimate of drug-likeness (QED) is 0.276. The second kappa shape index (κ2) is 10.7. The summed E-state index contributed by atoms with van der Waals surface area (Å²) >= 11 is 5.36. The fourth-order valence-corrected chi connectivity index (χ4v) is 3.87. The van der Waals surface area contributed by atoms with Crippen LogP contribution >= 0.6 is 12.2 Å². The third-order valence-corrected chi connectivity index (χ3v) is 5.86. The average Bonchev–Trinajstić information content (AvgIpc) is 3.27. The second-order valence-electron chi connectivity index (χ2n) is 8.74. The predicted octanol–water partition coefficient (Wildman–Crippen LogP) is 6.92. The van der Waals surface area contributed by atoms with Crippen LogP contribution in [0.1, 0.15) is 56.0 Å². The number of rotatable bonds is 7. The Kier molecular flexibility index (Phi) is 7.46. The summed E-state index contributed by atoms with van der Waals surface area (Å²) in [7, 11) is 0. The highest BCUT2D eigenvalue weighted by molar-refractivity contribution is 7.80. The van der Waals surface area contributed by atoms with Gasteiger partial charge < -0.3 is 14.5 Å². The Hall–Kier alpha value is -3.71. The molecular formula is C28H29N3O3S. The molecular weight excluding hydrogens is 458 g/mol. The predicted molar refractivity (Wildman–Crippen MR) is 144 cm³/mol. The summed E-state index contributed by atoms with van der Waals surface area (Å²) in [4.78, 5) is 17.3. The number of nitrogens with zero attached hydrogens (tertiary/aromatic N) is 1. The maximum Gasteiger partial charge on any atom is 0.257 e. The first-order valence-electron chi connectivity index (χ1n) is 11.7. The Labute approximate surface area is 210 Å². The standard InChI is InChI=1S/C28H29N3O3S/c1-5-18(4)19-12-13-25-24(16-19)30-27(34-25)21-9-6-10-22(14-21)29-28(35)31-26(32)20-8-7-11-23(15-20)33-17(2)3/h6-18H,5H2,1-4H3,(H2,29,31,32,35)/t18-/m1/s1. The van der Waals surface area contributed by atoms with Crippen molar-refractivity contribution in [1.82, 2.24) is 10.3 Å². The van der Waals surface area contributed by atoms with E-state index in [4.69, 9.17) is 21.4 Å². The van der Waals surface area contributed by atoms with Gasteiger partial charge in [-0.15, -0.1) is 0 Å². The van der Waals surface area contributed by atoms with Crippen LogP contribution in [0.3, 0.4) is 0 Å². The van der Waals surface area contributed by atoms with Gasteiger partial charge in [0, 0.05) is 16.8 Å². The number of thiocarbonyl (C=S) groups is 1. The van der Waals surface area contributed by atoms with Gasteiger partial charge in [-0.3, -0.25) is 10.1 Å². The summed E-state index contributed by atoms with van der Waals surface area (Å²) in [5.74, 6) is 1.31. The van der Waals surface area contributed by atoms with Crippen molar-refractivity contribution in [2.75, 3.05) is 5.32 Å². The molecule has 0 aliphatic heterocycles. The van der Waals surface area contributed by atoms with Gasteiger partial charge in [-0.2, -0.15) is 0 Å². The van der Waals surface area contributed by atoms with Crippen LogP contribution in [0.5, 0.6) is 5.75 Å². The fourth-order valence-electron chi connectivity index (χ4n) is 3.66. The molecule has 1 aromatic heterocycles. The largest absolute Gasteiger partial charge is 0.491 e. The molecule has 3 aromatic carbocycles. The third-order valence-electron chi connectivity index (χ3n) is 5.66. The van der Waals surface area contributed by atoms with Crippen molar-refractivity contribution in [2.24, 2.45) is 0 Å². The lowest BCUT2D eigenvalue weighted by Crippen LogP contribution is -2.34. The molecule has 1 atom stereocenters. The van der Waals surface area contributed by atoms with Crippen molar-refractivity contribution in [3.05, 3.63) is 77.9 Å². The van der Waals surface area contributed by atoms with Crippen molar-refractivity contribution in [2.45, 2.75) is 46.1 Å². The summed E-state index contributed by atoms with van der Waals surface area (Å²) in [6, 6.07) is 20.7. The number of fused-ring (bicyclic) bond motifs is 1. The van der Waals surface area contributed by atoms with Gasteiger partial charge in [0.25, 0.3) is 5.91 Å². The van der Waals surface area contributed by atoms with Gasteiger partial charge in [0.2, 0.25) is 5.89 Å². The molecule has 0 spiro atoms. The summed E-state index contributed by atoms with van der Waals surface area (Å²) in [5, 5.41) is 5.97. The number of hydrogen-bond donors (Lipinski definition) is 2. The lowest BCUT2D eigenvalue weighted by atomic mass is 9.98. The molecule has 7 heteroatoms. The van der Waals surface area contributed by atoms with Gasteiger partial charge in [0.05, 0.1) is 6.10 Å². The lowest BCUT2D eigenvalue weighted by Gasteiger charge is -2.12. The van der Waals surface area contributed by atoms with Gasteiger partial charge in [0.1, 0.15) is 11.3 Å². The van der Waals surface area contributed by atoms with E-state index in [9.17, 15) is 4.79 Å². The van der Waals surface area contributed by atoms with Crippen LogP contribution in [0, 0.1) is 0 Å². The van der Waals surface area contributed by atoms with Gasteiger partial charge in [-0.05, 0) is 92.5 Å². The van der Waals surface area contributed by atoms with Gasteiger partial charge in [-0.1, -0.05) is 32.0 Å². The smallest absolute Gasteiger partial charge is 0.257 e. The first kappa shape index (κ1) is 24.4. The van der Waals surface area contributed by atoms with E-state index in [1.54, 1.807) is 18.2 Å². The molecule has 0 aliphatic rings. The van der Waals surface area contributed by atoms with Crippen LogP contribution in [-0.2, 0) is 0 Å². The third kappa shape index (κ3) is 6.05. The fraction of sp³-hybridized carbons (Fsp3) is 0.250. The van der Waals surface area contributed by atoms with Crippen LogP contribution in [0.4, 0.5) is 5.69 Å². The minimum Gasteiger partial charge on any atom is -0.491 e. The molecule has 6 nitrogen and oxygen atoms in total. The Morgan fingerprint density at radius 3 is 2.63 bits per heavy atom. The monoisotopic (exact) mass is 487 g/mol. The number of anilines is 1. The molecule has 0 unspecified atom stereocenters. The first-order valence-corrected chi connectivity index (χ1v) is 12.1. The summed E-state index contributed by atoms with van der Waals surface area (Å²) in [6.07, 6.45) is 1.09. The number of aromatic nitrogens is 1. The van der Waals surface area contributed by atoms with Gasteiger partial charge >= 0.3 is 0 Å². The number of oxazole rings is 1. The Morgan fingerprint density at radius 1 is 1.06 bits per heavy atom. The van der Waals surface area contributed by atoms with Crippen LogP contribution in [0.2, 0.25) is 0 Å². The van der Waals surface area contributed by atoms with Crippen LogP contribution in [0.15, 0.2) is 71.1 Å². The summed E-state index contributed by atoms with van der Waals surface area (Å²) in [5.41, 5.74) is 4.82. The van der Waals surface area contributed by atoms with E-state index in [-0.39, 0.29) is 17.1 Å². The highest BCUT2D eigenvalue weighted by atomic mass is 32.1. The molecule has 1 amide bonds. The van der Waals surface area contributed by atoms with Crippen molar-refractivity contribution in [1.29, 1.82) is 0 Å². The van der Waals surface area contributed by atoms with Gasteiger partial charge in [0.15, 0.2) is 10.7 Å². The number of carbonyl (C=O) groups is 1. The maximum atomic E-state index is 12.6. The lowest BCUT2D eigenvalue weighted by molar-refractivity contribution is 0.0977. The van der Waals surface area contributed by atoms with Crippen molar-refractivity contribution in [3.63, 3.8) is 0 Å². The van der Waals surface area contributed by atoms with Crippen molar-refractivity contribution in [3.8, 4) is 17.2 Å². The molecule has 2 N–H and O–H groups in total. The molecule has 4 aromatic rings. The highest BCUT2D eigenvalue weighted by Crippen LogP contribution is 2.29. The highest BCUT2D eigenvalue weighted by Gasteiger charge is 2.13. The number of ether oxygens (including phenoxy) is 1. The Morgan fingerprint density at radius 2 is 1.86 bits per heavy atom. The zero-order valence-corrected chi connectivity index (χ0v) is 21.1. The van der Waals surface area contributed by atoms with Crippen molar-refractivity contribution < 1.29 is 13.9 Å². The molecule has 1 heterocycles. The molecule has 0 saturated carbocycles. The molecule has 4 rings (SSSR count).